The smallest absolute Gasteiger partial charge is 0.277 e. The van der Waals surface area contributed by atoms with Crippen LogP contribution in [0.1, 0.15) is 19.5 Å². The van der Waals surface area contributed by atoms with E-state index in [9.17, 15) is 4.79 Å². The number of aryl methyl sites for hydroxylation is 1. The second kappa shape index (κ2) is 9.79. The first kappa shape index (κ1) is 23.0. The van der Waals surface area contributed by atoms with Gasteiger partial charge in [0.15, 0.2) is 5.13 Å². The van der Waals surface area contributed by atoms with E-state index in [2.05, 4.69) is 15.2 Å². The summed E-state index contributed by atoms with van der Waals surface area (Å²) in [4.78, 5) is 24.8. The minimum absolute atomic E-state index is 0.0660. The highest BCUT2D eigenvalue weighted by molar-refractivity contribution is 7.13. The first-order valence-electron chi connectivity index (χ1n) is 10.5. The molecule has 1 N–H and O–H groups in total. The van der Waals surface area contributed by atoms with Crippen molar-refractivity contribution in [3.63, 3.8) is 0 Å². The van der Waals surface area contributed by atoms with Crippen molar-refractivity contribution in [2.75, 3.05) is 29.9 Å². The highest BCUT2D eigenvalue weighted by atomic mass is 35.5. The number of nitrogens with zero attached hydrogens (tertiary/aromatic N) is 4. The van der Waals surface area contributed by atoms with Gasteiger partial charge in [0.2, 0.25) is 0 Å². The quantitative estimate of drug-likeness (QED) is 0.523. The topological polar surface area (TPSA) is 72.3 Å². The van der Waals surface area contributed by atoms with E-state index in [0.717, 1.165) is 5.13 Å². The van der Waals surface area contributed by atoms with Gasteiger partial charge < -0.3 is 15.0 Å². The Morgan fingerprint density at radius 1 is 1.28 bits per heavy atom. The van der Waals surface area contributed by atoms with Gasteiger partial charge in [0, 0.05) is 48.9 Å². The van der Waals surface area contributed by atoms with Crippen LogP contribution >= 0.6 is 34.5 Å². The van der Waals surface area contributed by atoms with Crippen LogP contribution < -0.4 is 15.8 Å². The molecule has 2 atom stereocenters. The first-order chi connectivity index (χ1) is 15.4. The Labute approximate surface area is 201 Å². The van der Waals surface area contributed by atoms with Crippen molar-refractivity contribution >= 4 is 45.4 Å². The number of aromatic nitrogens is 3. The lowest BCUT2D eigenvalue weighted by Crippen LogP contribution is -2.38. The van der Waals surface area contributed by atoms with Gasteiger partial charge in [-0.25, -0.2) is 9.97 Å². The standard InChI is InChI=1S/C22H25Cl2N5O2S/c1-4-16-19(21(30)28(3)20(27-16)14-7-6-13(23)10-15(14)24)26-17-11-29(12-18(17)31-5-2)22-25-8-9-32-22/h6-10,17-18,26H,4-5,11-12H2,1-3H3/t17-,18+/m1/s1. The normalized spacial score (nSPS) is 18.3. The van der Waals surface area contributed by atoms with Crippen molar-refractivity contribution < 1.29 is 4.74 Å². The van der Waals surface area contributed by atoms with E-state index in [-0.39, 0.29) is 17.7 Å². The summed E-state index contributed by atoms with van der Waals surface area (Å²) in [6.45, 7) is 5.96. The van der Waals surface area contributed by atoms with Crippen LogP contribution in [-0.4, -0.2) is 46.4 Å². The molecule has 0 bridgehead atoms. The second-order valence-corrected chi connectivity index (χ2v) is 9.28. The van der Waals surface area contributed by atoms with Crippen molar-refractivity contribution in [1.29, 1.82) is 0 Å². The van der Waals surface area contributed by atoms with Gasteiger partial charge in [0.05, 0.1) is 22.9 Å². The predicted octanol–water partition coefficient (Wildman–Crippen LogP) is 4.48. The molecule has 1 fully saturated rings. The Bertz CT molecular complexity index is 1150. The molecule has 0 unspecified atom stereocenters. The molecular formula is C22H25Cl2N5O2S. The molecule has 0 aliphatic carbocycles. The van der Waals surface area contributed by atoms with Gasteiger partial charge in [-0.3, -0.25) is 9.36 Å². The summed E-state index contributed by atoms with van der Waals surface area (Å²) in [5.41, 5.74) is 1.71. The third-order valence-corrected chi connectivity index (χ3v) is 6.92. The van der Waals surface area contributed by atoms with Crippen LogP contribution in [0.3, 0.4) is 0 Å². The van der Waals surface area contributed by atoms with Gasteiger partial charge in [-0.2, -0.15) is 0 Å². The fourth-order valence-corrected chi connectivity index (χ4v) is 5.12. The molecule has 170 valence electrons. The van der Waals surface area contributed by atoms with Gasteiger partial charge in [-0.05, 0) is 31.5 Å². The Balaban J connectivity index is 1.69. The Kier molecular flexibility index (Phi) is 7.05. The molecule has 10 heteroatoms. The SMILES string of the molecule is CCO[C@H]1CN(c2nccs2)C[C@H]1Nc1c(CC)nc(-c2ccc(Cl)cc2Cl)n(C)c1=O. The predicted molar refractivity (Wildman–Crippen MR) is 131 cm³/mol. The van der Waals surface area contributed by atoms with Crippen molar-refractivity contribution in [3.8, 4) is 11.4 Å². The lowest BCUT2D eigenvalue weighted by atomic mass is 10.1. The van der Waals surface area contributed by atoms with Crippen LogP contribution in [0, 0.1) is 0 Å². The van der Waals surface area contributed by atoms with Crippen molar-refractivity contribution in [3.05, 3.63) is 55.9 Å². The third kappa shape index (κ3) is 4.50. The van der Waals surface area contributed by atoms with E-state index in [1.807, 2.05) is 19.2 Å². The van der Waals surface area contributed by atoms with E-state index >= 15 is 0 Å². The third-order valence-electron chi connectivity index (χ3n) is 5.54. The average Bonchev–Trinajstić information content (AvgIpc) is 3.43. The summed E-state index contributed by atoms with van der Waals surface area (Å²) in [7, 11) is 1.71. The zero-order valence-electron chi connectivity index (χ0n) is 18.1. The molecule has 0 saturated carbocycles. The molecule has 32 heavy (non-hydrogen) atoms. The van der Waals surface area contributed by atoms with E-state index in [1.165, 1.54) is 4.57 Å². The molecule has 0 amide bonds. The van der Waals surface area contributed by atoms with Gasteiger partial charge >= 0.3 is 0 Å². The monoisotopic (exact) mass is 493 g/mol. The average molecular weight is 494 g/mol. The highest BCUT2D eigenvalue weighted by Gasteiger charge is 2.35. The number of thiazole rings is 1. The summed E-state index contributed by atoms with van der Waals surface area (Å²) in [6, 6.07) is 5.11. The molecule has 1 saturated heterocycles. The molecule has 2 aromatic heterocycles. The molecule has 0 radical (unpaired) electrons. The fraction of sp³-hybridized carbons (Fsp3) is 0.409. The molecule has 1 aliphatic rings. The fourth-order valence-electron chi connectivity index (χ4n) is 3.97. The summed E-state index contributed by atoms with van der Waals surface area (Å²) in [5, 5.41) is 7.36. The van der Waals surface area contributed by atoms with Crippen LogP contribution in [0.15, 0.2) is 34.6 Å². The lowest BCUT2D eigenvalue weighted by molar-refractivity contribution is 0.0720. The molecule has 0 spiro atoms. The zero-order chi connectivity index (χ0) is 22.8. The first-order valence-corrected chi connectivity index (χ1v) is 12.1. The van der Waals surface area contributed by atoms with E-state index in [0.29, 0.717) is 58.9 Å². The largest absolute Gasteiger partial charge is 0.374 e. The number of hydrogen-bond donors (Lipinski definition) is 1. The number of anilines is 2. The minimum atomic E-state index is -0.152. The van der Waals surface area contributed by atoms with Crippen LogP contribution in [0.5, 0.6) is 0 Å². The number of halogens is 2. The van der Waals surface area contributed by atoms with Crippen molar-refractivity contribution in [2.45, 2.75) is 32.4 Å². The van der Waals surface area contributed by atoms with Crippen molar-refractivity contribution in [1.82, 2.24) is 14.5 Å². The molecule has 3 aromatic rings. The Morgan fingerprint density at radius 3 is 2.75 bits per heavy atom. The highest BCUT2D eigenvalue weighted by Crippen LogP contribution is 2.30. The van der Waals surface area contributed by atoms with Gasteiger partial charge in [-0.15, -0.1) is 11.3 Å². The summed E-state index contributed by atoms with van der Waals surface area (Å²) < 4.78 is 7.52. The second-order valence-electron chi connectivity index (χ2n) is 7.56. The van der Waals surface area contributed by atoms with Crippen LogP contribution in [0.25, 0.3) is 11.4 Å². The van der Waals surface area contributed by atoms with Gasteiger partial charge in [0.1, 0.15) is 11.5 Å². The molecule has 7 nitrogen and oxygen atoms in total. The minimum Gasteiger partial charge on any atom is -0.374 e. The molecule has 1 aliphatic heterocycles. The number of nitrogens with one attached hydrogen (secondary N) is 1. The van der Waals surface area contributed by atoms with E-state index < -0.39 is 0 Å². The summed E-state index contributed by atoms with van der Waals surface area (Å²) in [5.74, 6) is 0.510. The Hall–Kier alpha value is -2.13. The Morgan fingerprint density at radius 2 is 2.09 bits per heavy atom. The number of ether oxygens (including phenoxy) is 1. The molecule has 1 aromatic carbocycles. The molecule has 3 heterocycles. The van der Waals surface area contributed by atoms with Crippen LogP contribution in [0.4, 0.5) is 10.8 Å². The van der Waals surface area contributed by atoms with E-state index in [4.69, 9.17) is 32.9 Å². The van der Waals surface area contributed by atoms with E-state index in [1.54, 1.807) is 42.8 Å². The number of benzene rings is 1. The van der Waals surface area contributed by atoms with Gasteiger partial charge in [-0.1, -0.05) is 30.1 Å². The maximum absolute atomic E-state index is 13.4. The van der Waals surface area contributed by atoms with Crippen molar-refractivity contribution in [2.24, 2.45) is 7.05 Å². The van der Waals surface area contributed by atoms with Gasteiger partial charge in [0.25, 0.3) is 5.56 Å². The summed E-state index contributed by atoms with van der Waals surface area (Å²) >= 11 is 14.0. The molecule has 4 rings (SSSR count). The zero-order valence-corrected chi connectivity index (χ0v) is 20.5. The van der Waals surface area contributed by atoms with Crippen LogP contribution in [-0.2, 0) is 18.2 Å². The number of hydrogen-bond acceptors (Lipinski definition) is 7. The lowest BCUT2D eigenvalue weighted by Gasteiger charge is -2.22. The maximum atomic E-state index is 13.4. The maximum Gasteiger partial charge on any atom is 0.277 e. The van der Waals surface area contributed by atoms with Crippen LogP contribution in [0.2, 0.25) is 10.0 Å². The summed E-state index contributed by atoms with van der Waals surface area (Å²) in [6.07, 6.45) is 2.33. The number of rotatable bonds is 7. The molecular weight excluding hydrogens is 469 g/mol.